The van der Waals surface area contributed by atoms with Crippen LogP contribution in [0.25, 0.3) is 10.9 Å². The molecule has 1 saturated heterocycles. The summed E-state index contributed by atoms with van der Waals surface area (Å²) < 4.78 is 18.2. The molecule has 1 aliphatic heterocycles. The maximum atomic E-state index is 12.5. The van der Waals surface area contributed by atoms with Crippen molar-refractivity contribution in [2.45, 2.75) is 18.9 Å². The number of carbonyl (C=O) groups is 1. The SMILES string of the molecule is COc1ccc(OC)c2c1cc(C(=O)NC[C@@H]1CCCO1)n2C. The number of hydrogen-bond donors (Lipinski definition) is 1. The Morgan fingerprint density at radius 1 is 1.35 bits per heavy atom. The molecule has 1 aromatic carbocycles. The number of methoxy groups -OCH3 is 2. The first kappa shape index (κ1) is 15.7. The minimum Gasteiger partial charge on any atom is -0.496 e. The molecule has 1 amide bonds. The summed E-state index contributed by atoms with van der Waals surface area (Å²) in [5.41, 5.74) is 1.41. The van der Waals surface area contributed by atoms with Gasteiger partial charge in [-0.2, -0.15) is 0 Å². The van der Waals surface area contributed by atoms with Crippen molar-refractivity contribution in [3.05, 3.63) is 23.9 Å². The van der Waals surface area contributed by atoms with E-state index in [0.29, 0.717) is 18.0 Å². The molecule has 124 valence electrons. The van der Waals surface area contributed by atoms with Gasteiger partial charge in [-0.05, 0) is 31.0 Å². The molecule has 0 radical (unpaired) electrons. The molecule has 1 N–H and O–H groups in total. The van der Waals surface area contributed by atoms with E-state index in [-0.39, 0.29) is 12.0 Å². The smallest absolute Gasteiger partial charge is 0.268 e. The summed E-state index contributed by atoms with van der Waals surface area (Å²) in [6.45, 7) is 1.32. The number of fused-ring (bicyclic) bond motifs is 1. The number of aryl methyl sites for hydroxylation is 1. The van der Waals surface area contributed by atoms with Crippen LogP contribution in [0.1, 0.15) is 23.3 Å². The minimum absolute atomic E-state index is 0.122. The van der Waals surface area contributed by atoms with Crippen LogP contribution >= 0.6 is 0 Å². The van der Waals surface area contributed by atoms with Gasteiger partial charge in [-0.3, -0.25) is 4.79 Å². The van der Waals surface area contributed by atoms with E-state index in [1.54, 1.807) is 14.2 Å². The average Bonchev–Trinajstić information content (AvgIpc) is 3.20. The molecule has 3 rings (SSSR count). The minimum atomic E-state index is -0.122. The van der Waals surface area contributed by atoms with Crippen molar-refractivity contribution in [3.8, 4) is 11.5 Å². The van der Waals surface area contributed by atoms with Crippen LogP contribution in [0.15, 0.2) is 18.2 Å². The number of benzene rings is 1. The first-order valence-corrected chi connectivity index (χ1v) is 7.76. The molecular weight excluding hydrogens is 296 g/mol. The monoisotopic (exact) mass is 318 g/mol. The highest BCUT2D eigenvalue weighted by Crippen LogP contribution is 2.35. The van der Waals surface area contributed by atoms with Crippen molar-refractivity contribution in [2.24, 2.45) is 7.05 Å². The van der Waals surface area contributed by atoms with Crippen LogP contribution in [0.2, 0.25) is 0 Å². The molecule has 1 aliphatic rings. The zero-order chi connectivity index (χ0) is 16.4. The summed E-state index contributed by atoms with van der Waals surface area (Å²) in [6, 6.07) is 5.52. The Balaban J connectivity index is 1.91. The lowest BCUT2D eigenvalue weighted by atomic mass is 10.2. The first-order chi connectivity index (χ1) is 11.2. The number of nitrogens with zero attached hydrogens (tertiary/aromatic N) is 1. The fourth-order valence-corrected chi connectivity index (χ4v) is 3.07. The van der Waals surface area contributed by atoms with Crippen LogP contribution < -0.4 is 14.8 Å². The molecule has 1 aromatic heterocycles. The van der Waals surface area contributed by atoms with Gasteiger partial charge in [0.1, 0.15) is 17.2 Å². The highest BCUT2D eigenvalue weighted by Gasteiger charge is 2.21. The van der Waals surface area contributed by atoms with Crippen molar-refractivity contribution in [1.29, 1.82) is 0 Å². The van der Waals surface area contributed by atoms with E-state index >= 15 is 0 Å². The quantitative estimate of drug-likeness (QED) is 0.917. The third-order valence-corrected chi connectivity index (χ3v) is 4.30. The lowest BCUT2D eigenvalue weighted by Crippen LogP contribution is -2.32. The summed E-state index contributed by atoms with van der Waals surface area (Å²) in [5.74, 6) is 1.30. The van der Waals surface area contributed by atoms with E-state index in [9.17, 15) is 4.79 Å². The summed E-state index contributed by atoms with van der Waals surface area (Å²) in [4.78, 5) is 12.5. The maximum Gasteiger partial charge on any atom is 0.268 e. The van der Waals surface area contributed by atoms with Gasteiger partial charge in [0.15, 0.2) is 0 Å². The van der Waals surface area contributed by atoms with E-state index in [2.05, 4.69) is 5.32 Å². The first-order valence-electron chi connectivity index (χ1n) is 7.76. The van der Waals surface area contributed by atoms with E-state index in [0.717, 1.165) is 36.1 Å². The van der Waals surface area contributed by atoms with E-state index in [4.69, 9.17) is 14.2 Å². The summed E-state index contributed by atoms with van der Waals surface area (Å²) in [5, 5.41) is 3.81. The third kappa shape index (κ3) is 2.86. The van der Waals surface area contributed by atoms with Crippen molar-refractivity contribution < 1.29 is 19.0 Å². The van der Waals surface area contributed by atoms with Crippen LogP contribution in [-0.2, 0) is 11.8 Å². The Morgan fingerprint density at radius 2 is 2.09 bits per heavy atom. The van der Waals surface area contributed by atoms with Gasteiger partial charge < -0.3 is 24.1 Å². The van der Waals surface area contributed by atoms with Crippen LogP contribution in [-0.4, -0.2) is 43.9 Å². The second-order valence-electron chi connectivity index (χ2n) is 5.67. The second kappa shape index (κ2) is 6.50. The van der Waals surface area contributed by atoms with Crippen molar-refractivity contribution in [1.82, 2.24) is 9.88 Å². The molecule has 1 atom stereocenters. The summed E-state index contributed by atoms with van der Waals surface area (Å²) >= 11 is 0. The van der Waals surface area contributed by atoms with Gasteiger partial charge in [0.05, 0.1) is 25.8 Å². The molecule has 23 heavy (non-hydrogen) atoms. The van der Waals surface area contributed by atoms with Gasteiger partial charge in [-0.25, -0.2) is 0 Å². The Morgan fingerprint density at radius 3 is 2.74 bits per heavy atom. The van der Waals surface area contributed by atoms with Gasteiger partial charge in [-0.1, -0.05) is 0 Å². The van der Waals surface area contributed by atoms with Crippen molar-refractivity contribution in [2.75, 3.05) is 27.4 Å². The van der Waals surface area contributed by atoms with Gasteiger partial charge in [0.2, 0.25) is 0 Å². The zero-order valence-corrected chi connectivity index (χ0v) is 13.7. The molecule has 0 saturated carbocycles. The molecule has 1 fully saturated rings. The fourth-order valence-electron chi connectivity index (χ4n) is 3.07. The van der Waals surface area contributed by atoms with Gasteiger partial charge in [0.25, 0.3) is 5.91 Å². The normalized spacial score (nSPS) is 17.4. The number of amides is 1. The van der Waals surface area contributed by atoms with Gasteiger partial charge in [-0.15, -0.1) is 0 Å². The molecule has 0 spiro atoms. The molecule has 2 heterocycles. The second-order valence-corrected chi connectivity index (χ2v) is 5.67. The largest absolute Gasteiger partial charge is 0.496 e. The number of ether oxygens (including phenoxy) is 3. The highest BCUT2D eigenvalue weighted by molar-refractivity contribution is 6.02. The number of nitrogens with one attached hydrogen (secondary N) is 1. The molecule has 6 heteroatoms. The number of hydrogen-bond acceptors (Lipinski definition) is 4. The van der Waals surface area contributed by atoms with Crippen molar-refractivity contribution in [3.63, 3.8) is 0 Å². The molecule has 0 aliphatic carbocycles. The van der Waals surface area contributed by atoms with Crippen LogP contribution in [0.4, 0.5) is 0 Å². The topological polar surface area (TPSA) is 61.7 Å². The number of aromatic nitrogens is 1. The van der Waals surface area contributed by atoms with E-state index in [1.165, 1.54) is 0 Å². The van der Waals surface area contributed by atoms with Gasteiger partial charge in [0, 0.05) is 25.6 Å². The Hall–Kier alpha value is -2.21. The van der Waals surface area contributed by atoms with Crippen LogP contribution in [0.5, 0.6) is 11.5 Å². The fraction of sp³-hybridized carbons (Fsp3) is 0.471. The molecule has 0 bridgehead atoms. The Kier molecular flexibility index (Phi) is 4.43. The van der Waals surface area contributed by atoms with E-state index in [1.807, 2.05) is 29.8 Å². The number of rotatable bonds is 5. The molecule has 0 unspecified atom stereocenters. The van der Waals surface area contributed by atoms with Crippen LogP contribution in [0.3, 0.4) is 0 Å². The maximum absolute atomic E-state index is 12.5. The van der Waals surface area contributed by atoms with Crippen LogP contribution in [0, 0.1) is 0 Å². The lowest BCUT2D eigenvalue weighted by Gasteiger charge is -2.11. The third-order valence-electron chi connectivity index (χ3n) is 4.30. The molecule has 2 aromatic rings. The highest BCUT2D eigenvalue weighted by atomic mass is 16.5. The standard InChI is InChI=1S/C17H22N2O4/c1-19-13(17(20)18-10-11-5-4-8-23-11)9-12-14(21-2)6-7-15(22-3)16(12)19/h6-7,9,11H,4-5,8,10H2,1-3H3,(H,18,20)/t11-/m0/s1. The lowest BCUT2D eigenvalue weighted by molar-refractivity contribution is 0.0851. The summed E-state index contributed by atoms with van der Waals surface area (Å²) in [6.07, 6.45) is 2.18. The predicted octanol–water partition coefficient (Wildman–Crippen LogP) is 2.10. The molecule has 6 nitrogen and oxygen atoms in total. The number of carbonyl (C=O) groups excluding carboxylic acids is 1. The predicted molar refractivity (Wildman–Crippen MR) is 87.3 cm³/mol. The van der Waals surface area contributed by atoms with E-state index < -0.39 is 0 Å². The average molecular weight is 318 g/mol. The Bertz CT molecular complexity index is 717. The van der Waals surface area contributed by atoms with Gasteiger partial charge >= 0.3 is 0 Å². The van der Waals surface area contributed by atoms with Crippen molar-refractivity contribution >= 4 is 16.8 Å². The zero-order valence-electron chi connectivity index (χ0n) is 13.7. The summed E-state index contributed by atoms with van der Waals surface area (Å²) in [7, 11) is 5.09. The Labute approximate surface area is 135 Å². The molecular formula is C17H22N2O4.